The van der Waals surface area contributed by atoms with Gasteiger partial charge in [-0.05, 0) is 24.1 Å². The highest BCUT2D eigenvalue weighted by atomic mass is 32.1. The monoisotopic (exact) mass is 270 g/mol. The van der Waals surface area contributed by atoms with Crippen molar-refractivity contribution in [3.05, 3.63) is 34.7 Å². The molecule has 19 heavy (non-hydrogen) atoms. The van der Waals surface area contributed by atoms with Gasteiger partial charge in [0.15, 0.2) is 0 Å². The molecule has 94 valence electrons. The van der Waals surface area contributed by atoms with E-state index in [1.165, 1.54) is 16.9 Å². The van der Waals surface area contributed by atoms with E-state index in [9.17, 15) is 0 Å². The summed E-state index contributed by atoms with van der Waals surface area (Å²) in [5.74, 6) is 1.06. The molecule has 0 atom stereocenters. The fraction of sp³-hybridized carbons (Fsp3) is 0.154. The Bertz CT molecular complexity index is 720. The van der Waals surface area contributed by atoms with Gasteiger partial charge in [-0.2, -0.15) is 4.98 Å². The highest BCUT2D eigenvalue weighted by molar-refractivity contribution is 7.07. The fourth-order valence-electron chi connectivity index (χ4n) is 2.19. The normalized spacial score (nSPS) is 13.3. The molecule has 0 saturated heterocycles. The average molecular weight is 270 g/mol. The van der Waals surface area contributed by atoms with Gasteiger partial charge in [0.25, 0.3) is 5.89 Å². The quantitative estimate of drug-likeness (QED) is 0.775. The highest BCUT2D eigenvalue weighted by Gasteiger charge is 2.15. The van der Waals surface area contributed by atoms with E-state index in [1.54, 1.807) is 5.51 Å². The van der Waals surface area contributed by atoms with E-state index in [2.05, 4.69) is 32.6 Å². The van der Waals surface area contributed by atoms with Gasteiger partial charge in [0.1, 0.15) is 5.69 Å². The van der Waals surface area contributed by atoms with Crippen molar-refractivity contribution in [3.63, 3.8) is 0 Å². The first-order valence-corrected chi connectivity index (χ1v) is 6.94. The molecule has 0 unspecified atom stereocenters. The summed E-state index contributed by atoms with van der Waals surface area (Å²) in [7, 11) is 0. The third-order valence-electron chi connectivity index (χ3n) is 3.15. The van der Waals surface area contributed by atoms with Crippen LogP contribution in [0, 0.1) is 0 Å². The maximum Gasteiger partial charge on any atom is 0.258 e. The number of aromatic nitrogens is 3. The Morgan fingerprint density at radius 2 is 2.32 bits per heavy atom. The van der Waals surface area contributed by atoms with Crippen molar-refractivity contribution in [2.45, 2.75) is 6.42 Å². The highest BCUT2D eigenvalue weighted by Crippen LogP contribution is 2.29. The number of rotatable bonds is 2. The van der Waals surface area contributed by atoms with Gasteiger partial charge in [0.2, 0.25) is 5.82 Å². The molecule has 0 fully saturated rings. The molecule has 6 heteroatoms. The number of hydrogen-bond acceptors (Lipinski definition) is 6. The molecule has 0 spiro atoms. The van der Waals surface area contributed by atoms with E-state index in [4.69, 9.17) is 4.52 Å². The second-order valence-electron chi connectivity index (χ2n) is 4.35. The Hall–Kier alpha value is -2.21. The van der Waals surface area contributed by atoms with Gasteiger partial charge in [0.05, 0.1) is 5.51 Å². The Morgan fingerprint density at radius 3 is 3.21 bits per heavy atom. The summed E-state index contributed by atoms with van der Waals surface area (Å²) in [5, 5.41) is 9.21. The summed E-state index contributed by atoms with van der Waals surface area (Å²) in [6, 6.07) is 6.18. The van der Waals surface area contributed by atoms with Crippen LogP contribution in [0.3, 0.4) is 0 Å². The maximum absolute atomic E-state index is 5.31. The molecule has 0 saturated carbocycles. The second kappa shape index (κ2) is 4.17. The van der Waals surface area contributed by atoms with E-state index < -0.39 is 0 Å². The van der Waals surface area contributed by atoms with Crippen LogP contribution in [0.4, 0.5) is 5.69 Å². The van der Waals surface area contributed by atoms with Crippen LogP contribution >= 0.6 is 11.3 Å². The number of nitrogens with zero attached hydrogens (tertiary/aromatic N) is 3. The van der Waals surface area contributed by atoms with E-state index in [0.29, 0.717) is 11.7 Å². The lowest BCUT2D eigenvalue weighted by Crippen LogP contribution is -1.91. The fourth-order valence-corrected chi connectivity index (χ4v) is 2.72. The van der Waals surface area contributed by atoms with Gasteiger partial charge in [-0.25, -0.2) is 4.98 Å². The van der Waals surface area contributed by atoms with Crippen molar-refractivity contribution in [1.82, 2.24) is 15.1 Å². The van der Waals surface area contributed by atoms with Gasteiger partial charge < -0.3 is 9.84 Å². The van der Waals surface area contributed by atoms with Crippen LogP contribution in [0.25, 0.3) is 23.0 Å². The van der Waals surface area contributed by atoms with Crippen LogP contribution in [0.1, 0.15) is 5.56 Å². The predicted molar refractivity (Wildman–Crippen MR) is 73.0 cm³/mol. The summed E-state index contributed by atoms with van der Waals surface area (Å²) in [6.07, 6.45) is 1.07. The molecular formula is C13H10N4OS. The number of hydrogen-bond donors (Lipinski definition) is 1. The van der Waals surface area contributed by atoms with Crippen LogP contribution < -0.4 is 5.32 Å². The maximum atomic E-state index is 5.31. The molecule has 0 aliphatic carbocycles. The van der Waals surface area contributed by atoms with E-state index in [-0.39, 0.29) is 0 Å². The van der Waals surface area contributed by atoms with Crippen molar-refractivity contribution in [3.8, 4) is 23.0 Å². The Kier molecular flexibility index (Phi) is 2.34. The molecule has 3 aromatic rings. The minimum Gasteiger partial charge on any atom is -0.384 e. The standard InChI is InChI=1S/C13H10N4OS/c1-2-9(5-10-8(1)3-4-14-10)13-16-12(17-18-13)11-6-19-7-15-11/h1-2,5-7,14H,3-4H2. The molecule has 5 nitrogen and oxygen atoms in total. The van der Waals surface area contributed by atoms with Gasteiger partial charge in [0, 0.05) is 23.2 Å². The summed E-state index contributed by atoms with van der Waals surface area (Å²) in [5.41, 5.74) is 5.93. The lowest BCUT2D eigenvalue weighted by molar-refractivity contribution is 0.432. The summed E-state index contributed by atoms with van der Waals surface area (Å²) >= 11 is 1.51. The first kappa shape index (κ1) is 10.7. The summed E-state index contributed by atoms with van der Waals surface area (Å²) < 4.78 is 5.31. The van der Waals surface area contributed by atoms with Crippen LogP contribution in [0.15, 0.2) is 33.6 Å². The van der Waals surface area contributed by atoms with Crippen LogP contribution in [0.5, 0.6) is 0 Å². The Labute approximate surface area is 113 Å². The minimum absolute atomic E-state index is 0.527. The van der Waals surface area contributed by atoms with E-state index in [0.717, 1.165) is 29.9 Å². The number of nitrogens with one attached hydrogen (secondary N) is 1. The molecule has 0 bridgehead atoms. The van der Waals surface area contributed by atoms with Crippen molar-refractivity contribution < 1.29 is 4.52 Å². The largest absolute Gasteiger partial charge is 0.384 e. The molecule has 0 amide bonds. The zero-order valence-corrected chi connectivity index (χ0v) is 10.8. The Morgan fingerprint density at radius 1 is 1.32 bits per heavy atom. The molecule has 1 aliphatic rings. The predicted octanol–water partition coefficient (Wildman–Crippen LogP) is 2.83. The van der Waals surface area contributed by atoms with Crippen molar-refractivity contribution in [2.75, 3.05) is 11.9 Å². The van der Waals surface area contributed by atoms with Crippen LogP contribution in [-0.2, 0) is 6.42 Å². The molecule has 3 heterocycles. The molecule has 2 aromatic heterocycles. The van der Waals surface area contributed by atoms with Crippen molar-refractivity contribution in [1.29, 1.82) is 0 Å². The third kappa shape index (κ3) is 1.80. The topological polar surface area (TPSA) is 63.8 Å². The average Bonchev–Trinajstić information content (AvgIpc) is 3.18. The lowest BCUT2D eigenvalue weighted by Gasteiger charge is -2.00. The van der Waals surface area contributed by atoms with Crippen molar-refractivity contribution in [2.24, 2.45) is 0 Å². The molecule has 0 radical (unpaired) electrons. The number of fused-ring (bicyclic) bond motifs is 1. The van der Waals surface area contributed by atoms with E-state index in [1.807, 2.05) is 11.4 Å². The second-order valence-corrected chi connectivity index (χ2v) is 5.06. The summed E-state index contributed by atoms with van der Waals surface area (Å²) in [4.78, 5) is 8.56. The SMILES string of the molecule is c1nc(-c2noc(-c3ccc4c(c3)NCC4)n2)cs1. The van der Waals surface area contributed by atoms with Gasteiger partial charge in [-0.1, -0.05) is 11.2 Å². The van der Waals surface area contributed by atoms with Crippen molar-refractivity contribution >= 4 is 17.0 Å². The molecular weight excluding hydrogens is 260 g/mol. The van der Waals surface area contributed by atoms with Gasteiger partial charge >= 0.3 is 0 Å². The molecule has 4 rings (SSSR count). The zero-order valence-electron chi connectivity index (χ0n) is 9.96. The first-order valence-electron chi connectivity index (χ1n) is 5.99. The Balaban J connectivity index is 1.73. The number of thiazole rings is 1. The van der Waals surface area contributed by atoms with E-state index >= 15 is 0 Å². The van der Waals surface area contributed by atoms with Gasteiger partial charge in [-0.15, -0.1) is 11.3 Å². The smallest absolute Gasteiger partial charge is 0.258 e. The molecule has 1 aliphatic heterocycles. The summed E-state index contributed by atoms with van der Waals surface area (Å²) in [6.45, 7) is 0.993. The lowest BCUT2D eigenvalue weighted by atomic mass is 10.1. The van der Waals surface area contributed by atoms with Gasteiger partial charge in [-0.3, -0.25) is 0 Å². The molecule has 1 aromatic carbocycles. The number of anilines is 1. The van der Waals surface area contributed by atoms with Crippen LogP contribution in [-0.4, -0.2) is 21.7 Å². The number of benzene rings is 1. The minimum atomic E-state index is 0.527. The zero-order chi connectivity index (χ0) is 12.7. The third-order valence-corrected chi connectivity index (χ3v) is 3.74. The first-order chi connectivity index (χ1) is 9.40. The van der Waals surface area contributed by atoms with Crippen LogP contribution in [0.2, 0.25) is 0 Å². The molecule has 1 N–H and O–H groups in total.